The van der Waals surface area contributed by atoms with Crippen molar-refractivity contribution in [3.05, 3.63) is 39.9 Å². The van der Waals surface area contributed by atoms with Gasteiger partial charge in [0.15, 0.2) is 0 Å². The minimum absolute atomic E-state index is 0.165. The Hall–Kier alpha value is -2.65. The fourth-order valence-electron chi connectivity index (χ4n) is 2.62. The van der Waals surface area contributed by atoms with Crippen LogP contribution in [0.4, 0.5) is 5.13 Å². The van der Waals surface area contributed by atoms with Crippen LogP contribution in [0.5, 0.6) is 0 Å². The highest BCUT2D eigenvalue weighted by Crippen LogP contribution is 2.25. The lowest BCUT2D eigenvalue weighted by molar-refractivity contribution is 0.0636. The maximum absolute atomic E-state index is 12.5. The van der Waals surface area contributed by atoms with Gasteiger partial charge in [-0.1, -0.05) is 25.2 Å². The monoisotopic (exact) mass is 374 g/mol. The highest BCUT2D eigenvalue weighted by molar-refractivity contribution is 7.15. The number of imide groups is 1. The standard InChI is InChI=1S/C17H18N4O4S/c1-9(2)7-21-15(23)11-5-4-10(6-12(11)16(21)24)14(22)18-17-20-19-13(26-17)8-25-3/h4-6,9H,7-8H2,1-3H3,(H,18,20,22). The van der Waals surface area contributed by atoms with Crippen molar-refractivity contribution < 1.29 is 19.1 Å². The summed E-state index contributed by atoms with van der Waals surface area (Å²) in [6.45, 7) is 4.53. The number of nitrogens with zero attached hydrogens (tertiary/aromatic N) is 3. The summed E-state index contributed by atoms with van der Waals surface area (Å²) in [5, 5.41) is 11.4. The number of amides is 3. The molecule has 0 fully saturated rings. The van der Waals surface area contributed by atoms with Crippen LogP contribution >= 0.6 is 11.3 Å². The van der Waals surface area contributed by atoms with Gasteiger partial charge in [0.05, 0.1) is 11.1 Å². The number of carbonyl (C=O) groups excluding carboxylic acids is 3. The number of hydrogen-bond acceptors (Lipinski definition) is 7. The van der Waals surface area contributed by atoms with Crippen molar-refractivity contribution in [2.24, 2.45) is 5.92 Å². The summed E-state index contributed by atoms with van der Waals surface area (Å²) >= 11 is 1.21. The van der Waals surface area contributed by atoms with Crippen LogP contribution in [0.15, 0.2) is 18.2 Å². The van der Waals surface area contributed by atoms with Gasteiger partial charge >= 0.3 is 0 Å². The van der Waals surface area contributed by atoms with E-state index >= 15 is 0 Å². The molecule has 0 bridgehead atoms. The summed E-state index contributed by atoms with van der Waals surface area (Å²) in [7, 11) is 1.55. The van der Waals surface area contributed by atoms with Crippen molar-refractivity contribution in [2.45, 2.75) is 20.5 Å². The van der Waals surface area contributed by atoms with Gasteiger partial charge < -0.3 is 4.74 Å². The molecule has 0 aliphatic carbocycles. The SMILES string of the molecule is COCc1nnc(NC(=O)c2ccc3c(c2)C(=O)N(CC(C)C)C3=O)s1. The van der Waals surface area contributed by atoms with Gasteiger partial charge in [0.1, 0.15) is 11.6 Å². The van der Waals surface area contributed by atoms with Gasteiger partial charge in [-0.15, -0.1) is 10.2 Å². The second-order valence-electron chi connectivity index (χ2n) is 6.26. The Labute approximate surface area is 154 Å². The first-order valence-electron chi connectivity index (χ1n) is 8.03. The van der Waals surface area contributed by atoms with Crippen molar-refractivity contribution in [2.75, 3.05) is 19.0 Å². The van der Waals surface area contributed by atoms with Gasteiger partial charge in [-0.25, -0.2) is 0 Å². The van der Waals surface area contributed by atoms with Gasteiger partial charge in [-0.2, -0.15) is 0 Å². The molecule has 1 aliphatic rings. The highest BCUT2D eigenvalue weighted by Gasteiger charge is 2.36. The van der Waals surface area contributed by atoms with Gasteiger partial charge in [-0.3, -0.25) is 24.6 Å². The van der Waals surface area contributed by atoms with E-state index < -0.39 is 5.91 Å². The predicted octanol–water partition coefficient (Wildman–Crippen LogP) is 2.19. The fourth-order valence-corrected chi connectivity index (χ4v) is 3.33. The highest BCUT2D eigenvalue weighted by atomic mass is 32.1. The average molecular weight is 374 g/mol. The normalized spacial score (nSPS) is 13.5. The van der Waals surface area contributed by atoms with Crippen molar-refractivity contribution in [1.82, 2.24) is 15.1 Å². The van der Waals surface area contributed by atoms with E-state index in [2.05, 4.69) is 15.5 Å². The summed E-state index contributed by atoms with van der Waals surface area (Å²) in [6, 6.07) is 4.49. The van der Waals surface area contributed by atoms with E-state index in [1.165, 1.54) is 34.4 Å². The summed E-state index contributed by atoms with van der Waals surface area (Å²) < 4.78 is 4.96. The van der Waals surface area contributed by atoms with E-state index in [1.807, 2.05) is 13.8 Å². The molecule has 136 valence electrons. The number of methoxy groups -OCH3 is 1. The average Bonchev–Trinajstić information content (AvgIpc) is 3.13. The molecular weight excluding hydrogens is 356 g/mol. The third kappa shape index (κ3) is 3.49. The van der Waals surface area contributed by atoms with E-state index in [1.54, 1.807) is 7.11 Å². The molecule has 8 nitrogen and oxygen atoms in total. The van der Waals surface area contributed by atoms with Gasteiger partial charge in [0.25, 0.3) is 17.7 Å². The zero-order valence-corrected chi connectivity index (χ0v) is 15.4. The van der Waals surface area contributed by atoms with Crippen LogP contribution in [0.25, 0.3) is 0 Å². The molecule has 0 unspecified atom stereocenters. The molecule has 2 aromatic rings. The predicted molar refractivity (Wildman–Crippen MR) is 95.2 cm³/mol. The number of carbonyl (C=O) groups is 3. The van der Waals surface area contributed by atoms with E-state index in [9.17, 15) is 14.4 Å². The Morgan fingerprint density at radius 2 is 1.96 bits per heavy atom. The number of fused-ring (bicyclic) bond motifs is 1. The lowest BCUT2D eigenvalue weighted by atomic mass is 10.1. The van der Waals surface area contributed by atoms with Crippen LogP contribution in [0.2, 0.25) is 0 Å². The molecule has 0 saturated heterocycles. The second kappa shape index (κ2) is 7.30. The molecule has 0 radical (unpaired) electrons. The molecular formula is C17H18N4O4S. The largest absolute Gasteiger partial charge is 0.377 e. The number of ether oxygens (including phenoxy) is 1. The maximum atomic E-state index is 12.5. The molecule has 9 heteroatoms. The topological polar surface area (TPSA) is 101 Å². The molecule has 3 amide bonds. The lowest BCUT2D eigenvalue weighted by Crippen LogP contribution is -2.33. The Kier molecular flexibility index (Phi) is 5.10. The quantitative estimate of drug-likeness (QED) is 0.778. The number of aromatic nitrogens is 2. The molecule has 1 aliphatic heterocycles. The summed E-state index contributed by atoms with van der Waals surface area (Å²) in [4.78, 5) is 38.5. The minimum atomic E-state index is -0.421. The first kappa shape index (κ1) is 18.2. The lowest BCUT2D eigenvalue weighted by Gasteiger charge is -2.15. The molecule has 1 aromatic heterocycles. The van der Waals surface area contributed by atoms with E-state index in [-0.39, 0.29) is 28.9 Å². The maximum Gasteiger partial charge on any atom is 0.261 e. The third-order valence-electron chi connectivity index (χ3n) is 3.74. The van der Waals surface area contributed by atoms with E-state index in [0.717, 1.165) is 0 Å². The van der Waals surface area contributed by atoms with Crippen molar-refractivity contribution in [3.8, 4) is 0 Å². The zero-order valence-electron chi connectivity index (χ0n) is 14.6. The van der Waals surface area contributed by atoms with Crippen LogP contribution in [0.1, 0.15) is 49.9 Å². The Balaban J connectivity index is 1.79. The number of rotatable bonds is 6. The van der Waals surface area contributed by atoms with Gasteiger partial charge in [0, 0.05) is 19.2 Å². The number of hydrogen-bond donors (Lipinski definition) is 1. The van der Waals surface area contributed by atoms with Crippen LogP contribution in [0, 0.1) is 5.92 Å². The fraction of sp³-hybridized carbons (Fsp3) is 0.353. The van der Waals surface area contributed by atoms with Gasteiger partial charge in [-0.05, 0) is 24.1 Å². The molecule has 26 heavy (non-hydrogen) atoms. The number of anilines is 1. The number of nitrogens with one attached hydrogen (secondary N) is 1. The first-order valence-corrected chi connectivity index (χ1v) is 8.85. The van der Waals surface area contributed by atoms with Crippen LogP contribution in [0.3, 0.4) is 0 Å². The molecule has 1 aromatic carbocycles. The zero-order chi connectivity index (χ0) is 18.8. The second-order valence-corrected chi connectivity index (χ2v) is 7.33. The van der Waals surface area contributed by atoms with E-state index in [4.69, 9.17) is 4.74 Å². The van der Waals surface area contributed by atoms with Crippen molar-refractivity contribution in [1.29, 1.82) is 0 Å². The Morgan fingerprint density at radius 1 is 1.23 bits per heavy atom. The van der Waals surface area contributed by atoms with Crippen LogP contribution < -0.4 is 5.32 Å². The van der Waals surface area contributed by atoms with E-state index in [0.29, 0.717) is 28.9 Å². The van der Waals surface area contributed by atoms with Crippen molar-refractivity contribution >= 4 is 34.2 Å². The Bertz CT molecular complexity index is 877. The third-order valence-corrected chi connectivity index (χ3v) is 4.55. The molecule has 0 atom stereocenters. The molecule has 0 saturated carbocycles. The smallest absolute Gasteiger partial charge is 0.261 e. The Morgan fingerprint density at radius 3 is 2.65 bits per heavy atom. The van der Waals surface area contributed by atoms with Gasteiger partial charge in [0.2, 0.25) is 5.13 Å². The summed E-state index contributed by atoms with van der Waals surface area (Å²) in [5.74, 6) is -0.945. The first-order chi connectivity index (χ1) is 12.4. The van der Waals surface area contributed by atoms with Crippen LogP contribution in [-0.4, -0.2) is 46.5 Å². The summed E-state index contributed by atoms with van der Waals surface area (Å²) in [6.07, 6.45) is 0. The molecule has 0 spiro atoms. The minimum Gasteiger partial charge on any atom is -0.377 e. The molecule has 1 N–H and O–H groups in total. The summed E-state index contributed by atoms with van der Waals surface area (Å²) in [5.41, 5.74) is 0.853. The number of benzene rings is 1. The van der Waals surface area contributed by atoms with Crippen molar-refractivity contribution in [3.63, 3.8) is 0 Å². The molecule has 3 rings (SSSR count). The van der Waals surface area contributed by atoms with Crippen LogP contribution in [-0.2, 0) is 11.3 Å². The molecule has 2 heterocycles.